The first-order valence-electron chi connectivity index (χ1n) is 7.66. The number of ether oxygens (including phenoxy) is 1. The normalized spacial score (nSPS) is 11.7. The molecule has 0 aliphatic carbocycles. The van der Waals surface area contributed by atoms with Crippen molar-refractivity contribution >= 4 is 17.6 Å². The SMILES string of the molecule is Cc1cc(C)c(NC(=O)[C@H](C)OC(=O)c2cccc(O)c2)c(C)c1. The molecule has 126 valence electrons. The fraction of sp³-hybridized carbons (Fsp3) is 0.263. The van der Waals surface area contributed by atoms with Crippen LogP contribution in [0.2, 0.25) is 0 Å². The summed E-state index contributed by atoms with van der Waals surface area (Å²) in [5.41, 5.74) is 3.94. The molecule has 0 bridgehead atoms. The van der Waals surface area contributed by atoms with Crippen LogP contribution < -0.4 is 5.32 Å². The minimum absolute atomic E-state index is 0.0348. The molecule has 0 aliphatic heterocycles. The largest absolute Gasteiger partial charge is 0.508 e. The number of rotatable bonds is 4. The number of hydrogen-bond acceptors (Lipinski definition) is 4. The summed E-state index contributed by atoms with van der Waals surface area (Å²) in [4.78, 5) is 24.3. The molecule has 0 heterocycles. The summed E-state index contributed by atoms with van der Waals surface area (Å²) in [6.07, 6.45) is -0.958. The van der Waals surface area contributed by atoms with E-state index in [2.05, 4.69) is 5.32 Å². The first-order chi connectivity index (χ1) is 11.3. The fourth-order valence-electron chi connectivity index (χ4n) is 2.52. The maximum atomic E-state index is 12.3. The molecule has 0 radical (unpaired) electrons. The van der Waals surface area contributed by atoms with E-state index in [9.17, 15) is 14.7 Å². The number of amides is 1. The molecule has 0 fully saturated rings. The Labute approximate surface area is 141 Å². The van der Waals surface area contributed by atoms with Gasteiger partial charge in [0.2, 0.25) is 0 Å². The molecule has 2 rings (SSSR count). The van der Waals surface area contributed by atoms with Crippen molar-refractivity contribution in [3.8, 4) is 5.75 Å². The van der Waals surface area contributed by atoms with Gasteiger partial charge in [0.1, 0.15) is 5.75 Å². The predicted molar refractivity (Wildman–Crippen MR) is 92.3 cm³/mol. The van der Waals surface area contributed by atoms with Gasteiger partial charge in [-0.05, 0) is 57.0 Å². The molecular weight excluding hydrogens is 306 g/mol. The average molecular weight is 327 g/mol. The Morgan fingerprint density at radius 1 is 1.08 bits per heavy atom. The molecule has 0 spiro atoms. The molecular formula is C19H21NO4. The van der Waals surface area contributed by atoms with Gasteiger partial charge in [-0.1, -0.05) is 23.8 Å². The summed E-state index contributed by atoms with van der Waals surface area (Å²) >= 11 is 0. The molecule has 1 atom stereocenters. The molecule has 2 aromatic rings. The molecule has 0 unspecified atom stereocenters. The van der Waals surface area contributed by atoms with E-state index in [1.165, 1.54) is 31.2 Å². The number of carbonyl (C=O) groups is 2. The molecule has 2 aromatic carbocycles. The highest BCUT2D eigenvalue weighted by Crippen LogP contribution is 2.22. The molecule has 1 amide bonds. The third-order valence-corrected chi connectivity index (χ3v) is 3.66. The number of phenolic OH excluding ortho intramolecular Hbond substituents is 1. The lowest BCUT2D eigenvalue weighted by molar-refractivity contribution is -0.123. The van der Waals surface area contributed by atoms with E-state index < -0.39 is 18.0 Å². The van der Waals surface area contributed by atoms with Crippen LogP contribution in [0.4, 0.5) is 5.69 Å². The number of esters is 1. The van der Waals surface area contributed by atoms with Crippen LogP contribution in [0.15, 0.2) is 36.4 Å². The van der Waals surface area contributed by atoms with E-state index in [1.807, 2.05) is 32.9 Å². The van der Waals surface area contributed by atoms with Crippen molar-refractivity contribution in [2.45, 2.75) is 33.8 Å². The van der Waals surface area contributed by atoms with Crippen LogP contribution in [0.5, 0.6) is 5.75 Å². The van der Waals surface area contributed by atoms with Gasteiger partial charge in [0.05, 0.1) is 5.56 Å². The first-order valence-corrected chi connectivity index (χ1v) is 7.66. The summed E-state index contributed by atoms with van der Waals surface area (Å²) in [7, 11) is 0. The quantitative estimate of drug-likeness (QED) is 0.843. The van der Waals surface area contributed by atoms with E-state index in [0.717, 1.165) is 22.4 Å². The molecule has 5 nitrogen and oxygen atoms in total. The number of phenols is 1. The predicted octanol–water partition coefficient (Wildman–Crippen LogP) is 3.50. The van der Waals surface area contributed by atoms with Crippen LogP contribution in [0.3, 0.4) is 0 Å². The smallest absolute Gasteiger partial charge is 0.339 e. The second kappa shape index (κ2) is 7.17. The summed E-state index contributed by atoms with van der Waals surface area (Å²) < 4.78 is 5.17. The fourth-order valence-corrected chi connectivity index (χ4v) is 2.52. The highest BCUT2D eigenvalue weighted by Gasteiger charge is 2.20. The van der Waals surface area contributed by atoms with Crippen molar-refractivity contribution in [2.75, 3.05) is 5.32 Å². The van der Waals surface area contributed by atoms with Crippen LogP contribution in [0.25, 0.3) is 0 Å². The number of aryl methyl sites for hydroxylation is 3. The van der Waals surface area contributed by atoms with E-state index >= 15 is 0 Å². The van der Waals surface area contributed by atoms with Gasteiger partial charge in [-0.25, -0.2) is 4.79 Å². The number of anilines is 1. The van der Waals surface area contributed by atoms with Crippen molar-refractivity contribution in [2.24, 2.45) is 0 Å². The van der Waals surface area contributed by atoms with Gasteiger partial charge in [0.15, 0.2) is 6.10 Å². The monoisotopic (exact) mass is 327 g/mol. The Hall–Kier alpha value is -2.82. The van der Waals surface area contributed by atoms with Crippen LogP contribution in [-0.4, -0.2) is 23.1 Å². The minimum atomic E-state index is -0.958. The summed E-state index contributed by atoms with van der Waals surface area (Å²) in [6.45, 7) is 7.33. The van der Waals surface area contributed by atoms with Crippen molar-refractivity contribution in [3.05, 3.63) is 58.7 Å². The Bertz CT molecular complexity index is 760. The number of hydrogen-bond donors (Lipinski definition) is 2. The Morgan fingerprint density at radius 2 is 1.71 bits per heavy atom. The number of benzene rings is 2. The number of nitrogens with one attached hydrogen (secondary N) is 1. The topological polar surface area (TPSA) is 75.6 Å². The highest BCUT2D eigenvalue weighted by atomic mass is 16.5. The summed E-state index contributed by atoms with van der Waals surface area (Å²) in [6, 6.07) is 9.76. The zero-order chi connectivity index (χ0) is 17.9. The van der Waals surface area contributed by atoms with Gasteiger partial charge >= 0.3 is 5.97 Å². The lowest BCUT2D eigenvalue weighted by Gasteiger charge is -2.17. The third kappa shape index (κ3) is 4.13. The van der Waals surface area contributed by atoms with Crippen molar-refractivity contribution in [1.82, 2.24) is 0 Å². The van der Waals surface area contributed by atoms with Gasteiger partial charge in [0, 0.05) is 5.69 Å². The summed E-state index contributed by atoms with van der Waals surface area (Å²) in [5.74, 6) is -1.10. The second-order valence-electron chi connectivity index (χ2n) is 5.86. The first kappa shape index (κ1) is 17.5. The molecule has 0 saturated heterocycles. The maximum absolute atomic E-state index is 12.3. The van der Waals surface area contributed by atoms with Gasteiger partial charge in [-0.3, -0.25) is 4.79 Å². The van der Waals surface area contributed by atoms with E-state index in [4.69, 9.17) is 4.74 Å². The third-order valence-electron chi connectivity index (χ3n) is 3.66. The second-order valence-corrected chi connectivity index (χ2v) is 5.86. The van der Waals surface area contributed by atoms with Gasteiger partial charge < -0.3 is 15.2 Å². The number of aromatic hydroxyl groups is 1. The van der Waals surface area contributed by atoms with Crippen LogP contribution >= 0.6 is 0 Å². The average Bonchev–Trinajstić information content (AvgIpc) is 2.50. The Kier molecular flexibility index (Phi) is 5.24. The van der Waals surface area contributed by atoms with Gasteiger partial charge in [0.25, 0.3) is 5.91 Å². The molecule has 24 heavy (non-hydrogen) atoms. The number of carbonyl (C=O) groups excluding carboxylic acids is 2. The lowest BCUT2D eigenvalue weighted by Crippen LogP contribution is -2.30. The van der Waals surface area contributed by atoms with Gasteiger partial charge in [-0.15, -0.1) is 0 Å². The highest BCUT2D eigenvalue weighted by molar-refractivity contribution is 5.98. The minimum Gasteiger partial charge on any atom is -0.508 e. The van der Waals surface area contributed by atoms with Gasteiger partial charge in [-0.2, -0.15) is 0 Å². The molecule has 0 aliphatic rings. The molecule has 2 N–H and O–H groups in total. The zero-order valence-corrected chi connectivity index (χ0v) is 14.2. The van der Waals surface area contributed by atoms with E-state index in [1.54, 1.807) is 0 Å². The standard InChI is InChI=1S/C19H21NO4/c1-11-8-12(2)17(13(3)9-11)20-18(22)14(4)24-19(23)15-6-5-7-16(21)10-15/h5-10,14,21H,1-4H3,(H,20,22)/t14-/m0/s1. The van der Waals surface area contributed by atoms with E-state index in [-0.39, 0.29) is 11.3 Å². The van der Waals surface area contributed by atoms with E-state index in [0.29, 0.717) is 0 Å². The van der Waals surface area contributed by atoms with Crippen LogP contribution in [0.1, 0.15) is 34.0 Å². The molecule has 0 aromatic heterocycles. The Balaban J connectivity index is 2.06. The molecule has 0 saturated carbocycles. The Morgan fingerprint density at radius 3 is 2.29 bits per heavy atom. The lowest BCUT2D eigenvalue weighted by atomic mass is 10.0. The van der Waals surface area contributed by atoms with Crippen molar-refractivity contribution in [1.29, 1.82) is 0 Å². The zero-order valence-electron chi connectivity index (χ0n) is 14.2. The van der Waals surface area contributed by atoms with Crippen molar-refractivity contribution < 1.29 is 19.4 Å². The van der Waals surface area contributed by atoms with Crippen molar-refractivity contribution in [3.63, 3.8) is 0 Å². The van der Waals surface area contributed by atoms with Crippen LogP contribution in [0, 0.1) is 20.8 Å². The van der Waals surface area contributed by atoms with Crippen LogP contribution in [-0.2, 0) is 9.53 Å². The maximum Gasteiger partial charge on any atom is 0.339 e. The molecule has 5 heteroatoms. The summed E-state index contributed by atoms with van der Waals surface area (Å²) in [5, 5.41) is 12.2.